The number of alkyl carbamates (subject to hydrolysis) is 2. The minimum Gasteiger partial charge on any atom is -0.453 e. The molecule has 4 amide bonds. The predicted octanol–water partition coefficient (Wildman–Crippen LogP) is 7.61. The highest BCUT2D eigenvalue weighted by atomic mass is 16.5. The first-order valence-corrected chi connectivity index (χ1v) is 23.7. The summed E-state index contributed by atoms with van der Waals surface area (Å²) >= 11 is 0. The molecule has 9 rings (SSSR count). The van der Waals surface area contributed by atoms with Crippen molar-refractivity contribution >= 4 is 57.6 Å². The molecule has 4 fully saturated rings. The van der Waals surface area contributed by atoms with Crippen molar-refractivity contribution in [3.05, 3.63) is 77.5 Å². The van der Waals surface area contributed by atoms with Crippen molar-refractivity contribution in [3.8, 4) is 0 Å². The van der Waals surface area contributed by atoms with Gasteiger partial charge in [0.2, 0.25) is 11.8 Å². The first kappa shape index (κ1) is 44.8. The summed E-state index contributed by atoms with van der Waals surface area (Å²) in [5.74, 6) is 1.96. The van der Waals surface area contributed by atoms with Gasteiger partial charge in [-0.2, -0.15) is 0 Å². The summed E-state index contributed by atoms with van der Waals surface area (Å²) in [4.78, 5) is 83.0. The van der Waals surface area contributed by atoms with Crippen LogP contribution in [0, 0.1) is 11.8 Å². The van der Waals surface area contributed by atoms with E-state index in [9.17, 15) is 19.2 Å². The van der Waals surface area contributed by atoms with Crippen molar-refractivity contribution in [3.63, 3.8) is 0 Å². The summed E-state index contributed by atoms with van der Waals surface area (Å²) < 4.78 is 9.67. The van der Waals surface area contributed by atoms with Gasteiger partial charge in [-0.3, -0.25) is 9.59 Å². The van der Waals surface area contributed by atoms with Crippen LogP contribution in [0.4, 0.5) is 21.1 Å². The Bertz CT molecular complexity index is 2420. The summed E-state index contributed by atoms with van der Waals surface area (Å²) in [6, 6.07) is 15.4. The lowest BCUT2D eigenvalue weighted by atomic mass is 10.0. The number of anilines is 2. The van der Waals surface area contributed by atoms with Gasteiger partial charge in [-0.05, 0) is 111 Å². The van der Waals surface area contributed by atoms with Crippen LogP contribution in [0.15, 0.2) is 54.7 Å². The number of hydrogen-bond acceptors (Lipinski definition) is 11. The highest BCUT2D eigenvalue weighted by Crippen LogP contribution is 2.48. The lowest BCUT2D eigenvalue weighted by molar-refractivity contribution is -0.136. The number of imidazole rings is 2. The molecule has 4 aliphatic heterocycles. The number of pyridine rings is 1. The molecule has 4 aliphatic rings. The number of carbonyl (C=O) groups is 4. The SMILES string of the molecule is COC(=O)N[C@H](C(=O)N1CCC[C@H]1c1nc2ccc([C@H]3CC[C@H](c4ccc5nc([C@@H]6CCCN6C(=O)[C@@H](NC(=O)OC)C(C)C)[nH]c5c4)N3c3ccc(N4CCCC4)nc3)cc2[nH]1)C(C)C. The Morgan fingerprint density at radius 2 is 1.11 bits per heavy atom. The van der Waals surface area contributed by atoms with E-state index in [1.54, 1.807) is 0 Å². The van der Waals surface area contributed by atoms with Gasteiger partial charge in [0.25, 0.3) is 0 Å². The van der Waals surface area contributed by atoms with Gasteiger partial charge in [0.15, 0.2) is 0 Å². The van der Waals surface area contributed by atoms with E-state index in [1.165, 1.54) is 27.1 Å². The van der Waals surface area contributed by atoms with Crippen molar-refractivity contribution in [1.29, 1.82) is 0 Å². The van der Waals surface area contributed by atoms with E-state index in [2.05, 4.69) is 78.9 Å². The first-order chi connectivity index (χ1) is 31.9. The van der Waals surface area contributed by atoms with Crippen LogP contribution in [-0.2, 0) is 19.1 Å². The van der Waals surface area contributed by atoms with Gasteiger partial charge in [-0.25, -0.2) is 24.5 Å². The van der Waals surface area contributed by atoms with Crippen molar-refractivity contribution < 1.29 is 28.7 Å². The lowest BCUT2D eigenvalue weighted by Gasteiger charge is -2.33. The molecule has 66 heavy (non-hydrogen) atoms. The molecular weight excluding hydrogens is 839 g/mol. The minimum absolute atomic E-state index is 0.0323. The van der Waals surface area contributed by atoms with E-state index in [0.29, 0.717) is 13.1 Å². The molecular formula is C49H63N11O6. The third-order valence-corrected chi connectivity index (χ3v) is 14.1. The fraction of sp³-hybridized carbons (Fsp3) is 0.531. The van der Waals surface area contributed by atoms with Crippen LogP contribution in [0.1, 0.15) is 126 Å². The average Bonchev–Trinajstić information content (AvgIpc) is 4.18. The van der Waals surface area contributed by atoms with Crippen LogP contribution < -0.4 is 20.4 Å². The molecule has 350 valence electrons. The molecule has 4 N–H and O–H groups in total. The Labute approximate surface area is 385 Å². The number of hydrogen-bond donors (Lipinski definition) is 4. The Balaban J connectivity index is 1.00. The molecule has 17 nitrogen and oxygen atoms in total. The third kappa shape index (κ3) is 8.71. The zero-order chi connectivity index (χ0) is 46.2. The number of likely N-dealkylation sites (tertiary alicyclic amines) is 2. The van der Waals surface area contributed by atoms with E-state index in [0.717, 1.165) is 108 Å². The molecule has 0 bridgehead atoms. The second kappa shape index (κ2) is 18.8. The maximum absolute atomic E-state index is 13.9. The van der Waals surface area contributed by atoms with E-state index in [4.69, 9.17) is 24.4 Å². The summed E-state index contributed by atoms with van der Waals surface area (Å²) in [6.07, 6.45) is 8.15. The van der Waals surface area contributed by atoms with Gasteiger partial charge in [0, 0.05) is 26.2 Å². The van der Waals surface area contributed by atoms with Crippen molar-refractivity contribution in [2.45, 2.75) is 115 Å². The lowest BCUT2D eigenvalue weighted by Crippen LogP contribution is -2.51. The third-order valence-electron chi connectivity index (χ3n) is 14.1. The van der Waals surface area contributed by atoms with Crippen LogP contribution >= 0.6 is 0 Å². The molecule has 0 radical (unpaired) electrons. The van der Waals surface area contributed by atoms with Gasteiger partial charge < -0.3 is 49.7 Å². The Morgan fingerprint density at radius 1 is 0.621 bits per heavy atom. The number of nitrogens with zero attached hydrogens (tertiary/aromatic N) is 7. The summed E-state index contributed by atoms with van der Waals surface area (Å²) in [6.45, 7) is 10.9. The monoisotopic (exact) mass is 901 g/mol. The number of carbonyl (C=O) groups excluding carboxylic acids is 4. The second-order valence-corrected chi connectivity index (χ2v) is 19.0. The van der Waals surface area contributed by atoms with Crippen molar-refractivity contribution in [2.75, 3.05) is 50.2 Å². The van der Waals surface area contributed by atoms with Crippen LogP contribution in [0.2, 0.25) is 0 Å². The molecule has 6 atom stereocenters. The highest BCUT2D eigenvalue weighted by molar-refractivity contribution is 5.87. The highest BCUT2D eigenvalue weighted by Gasteiger charge is 2.41. The predicted molar refractivity (Wildman–Crippen MR) is 251 cm³/mol. The quantitative estimate of drug-likeness (QED) is 0.0963. The normalized spacial score (nSPS) is 21.9. The Hall–Kier alpha value is -6.39. The Morgan fingerprint density at radius 3 is 1.53 bits per heavy atom. The van der Waals surface area contributed by atoms with Gasteiger partial charge in [-0.15, -0.1) is 0 Å². The standard InChI is InChI=1S/C49H63N11O6/c1-28(2)42(55-48(63)65-5)46(61)58-23-9-11-39(58)44-51-33-16-13-30(25-35(33)53-44)37-18-19-38(60(37)32-15-20-41(50-27-32)57-21-7-8-22-57)31-14-17-34-36(26-31)54-45(52-34)40-12-10-24-59(40)47(62)43(29(3)4)56-49(64)66-6/h13-17,20,25-29,37-40,42-43H,7-12,18-19,21-24H2,1-6H3,(H,51,53)(H,52,54)(H,55,63)(H,56,64)/t37-,38-,39+,40+,42+,43+/m1/s1. The molecule has 4 saturated heterocycles. The fourth-order valence-electron chi connectivity index (χ4n) is 10.7. The molecule has 7 heterocycles. The second-order valence-electron chi connectivity index (χ2n) is 19.0. The molecule has 17 heteroatoms. The smallest absolute Gasteiger partial charge is 0.407 e. The number of aromatic amines is 2. The van der Waals surface area contributed by atoms with E-state index in [-0.39, 0.29) is 47.8 Å². The topological polar surface area (TPSA) is 194 Å². The molecule has 2 aromatic carbocycles. The van der Waals surface area contributed by atoms with E-state index >= 15 is 0 Å². The zero-order valence-electron chi connectivity index (χ0n) is 38.9. The number of H-pyrrole nitrogens is 2. The van der Waals surface area contributed by atoms with E-state index < -0.39 is 24.3 Å². The number of amides is 4. The summed E-state index contributed by atoms with van der Waals surface area (Å²) in [5.41, 5.74) is 6.84. The fourth-order valence-corrected chi connectivity index (χ4v) is 10.7. The summed E-state index contributed by atoms with van der Waals surface area (Å²) in [5, 5.41) is 5.49. The van der Waals surface area contributed by atoms with Gasteiger partial charge in [0.05, 0.1) is 72.3 Å². The van der Waals surface area contributed by atoms with Crippen LogP contribution in [0.3, 0.4) is 0 Å². The molecule has 3 aromatic heterocycles. The number of nitrogens with one attached hydrogen (secondary N) is 4. The molecule has 5 aromatic rings. The maximum Gasteiger partial charge on any atom is 0.407 e. The van der Waals surface area contributed by atoms with Gasteiger partial charge in [0.1, 0.15) is 29.6 Å². The number of ether oxygens (including phenoxy) is 2. The molecule has 0 aliphatic carbocycles. The molecule has 0 unspecified atom stereocenters. The van der Waals surface area contributed by atoms with E-state index in [1.807, 2.05) is 43.7 Å². The minimum atomic E-state index is -0.709. The number of fused-ring (bicyclic) bond motifs is 2. The van der Waals surface area contributed by atoms with Crippen molar-refractivity contribution in [1.82, 2.24) is 45.4 Å². The Kier molecular flexibility index (Phi) is 12.8. The summed E-state index contributed by atoms with van der Waals surface area (Å²) in [7, 11) is 2.60. The van der Waals surface area contributed by atoms with Crippen LogP contribution in [0.25, 0.3) is 22.1 Å². The average molecular weight is 902 g/mol. The van der Waals surface area contributed by atoms with Gasteiger partial charge in [-0.1, -0.05) is 39.8 Å². The number of methoxy groups -OCH3 is 2. The largest absolute Gasteiger partial charge is 0.453 e. The molecule has 0 spiro atoms. The van der Waals surface area contributed by atoms with Gasteiger partial charge >= 0.3 is 12.2 Å². The van der Waals surface area contributed by atoms with Crippen LogP contribution in [-0.4, -0.2) is 111 Å². The number of aromatic nitrogens is 5. The first-order valence-electron chi connectivity index (χ1n) is 23.7. The maximum atomic E-state index is 13.9. The van der Waals surface area contributed by atoms with Crippen molar-refractivity contribution in [2.24, 2.45) is 11.8 Å². The zero-order valence-corrected chi connectivity index (χ0v) is 38.9. The number of benzene rings is 2. The molecule has 0 saturated carbocycles. The number of rotatable bonds is 12. The van der Waals surface area contributed by atoms with Crippen LogP contribution in [0.5, 0.6) is 0 Å².